The van der Waals surface area contributed by atoms with Gasteiger partial charge in [-0.3, -0.25) is 19.0 Å². The van der Waals surface area contributed by atoms with Crippen LogP contribution in [0.3, 0.4) is 0 Å². The van der Waals surface area contributed by atoms with Crippen LogP contribution in [0.2, 0.25) is 0 Å². The molecule has 1 heterocycles. The van der Waals surface area contributed by atoms with Gasteiger partial charge in [-0.05, 0) is 25.0 Å². The lowest BCUT2D eigenvalue weighted by molar-refractivity contribution is -0.149. The van der Waals surface area contributed by atoms with Crippen LogP contribution in [0, 0.1) is 5.41 Å². The quantitative estimate of drug-likeness (QED) is 0.680. The van der Waals surface area contributed by atoms with Crippen LogP contribution >= 0.6 is 0 Å². The van der Waals surface area contributed by atoms with Crippen molar-refractivity contribution >= 4 is 22.8 Å². The summed E-state index contributed by atoms with van der Waals surface area (Å²) in [6, 6.07) is 6.52. The van der Waals surface area contributed by atoms with E-state index < -0.39 is 35.1 Å². The Morgan fingerprint density at radius 3 is 2.44 bits per heavy atom. The van der Waals surface area contributed by atoms with E-state index in [1.165, 1.54) is 0 Å². The number of para-hydroxylation sites is 1. The van der Waals surface area contributed by atoms with Crippen LogP contribution in [0.25, 0.3) is 10.9 Å². The Kier molecular flexibility index (Phi) is 5.41. The normalized spacial score (nSPS) is 11.4. The molecule has 0 aliphatic rings. The van der Waals surface area contributed by atoms with Crippen LogP contribution in [-0.2, 0) is 16.1 Å². The zero-order valence-corrected chi connectivity index (χ0v) is 14.2. The molecule has 0 saturated carbocycles. The van der Waals surface area contributed by atoms with E-state index in [0.717, 1.165) is 4.57 Å². The highest BCUT2D eigenvalue weighted by Crippen LogP contribution is 2.25. The number of H-pyrrole nitrogens is 1. The molecule has 25 heavy (non-hydrogen) atoms. The van der Waals surface area contributed by atoms with Gasteiger partial charge in [0.05, 0.1) is 16.3 Å². The molecular formula is C17H21N3O5. The van der Waals surface area contributed by atoms with Gasteiger partial charge in [0.25, 0.3) is 5.56 Å². The Morgan fingerprint density at radius 2 is 1.84 bits per heavy atom. The molecule has 1 aromatic carbocycles. The number of aromatic nitrogens is 2. The number of hydrogen-bond donors (Lipinski definition) is 3. The summed E-state index contributed by atoms with van der Waals surface area (Å²) in [5.41, 5.74) is -1.91. The van der Waals surface area contributed by atoms with Gasteiger partial charge in [-0.2, -0.15) is 0 Å². The predicted molar refractivity (Wildman–Crippen MR) is 92.5 cm³/mol. The summed E-state index contributed by atoms with van der Waals surface area (Å²) in [7, 11) is 0. The van der Waals surface area contributed by atoms with Crippen molar-refractivity contribution in [2.45, 2.75) is 33.2 Å². The molecule has 134 valence electrons. The molecule has 2 rings (SSSR count). The fraction of sp³-hybridized carbons (Fsp3) is 0.412. The maximum atomic E-state index is 12.4. The molecule has 8 heteroatoms. The first-order chi connectivity index (χ1) is 11.8. The van der Waals surface area contributed by atoms with E-state index in [4.69, 9.17) is 0 Å². The third-order valence-corrected chi connectivity index (χ3v) is 4.62. The molecular weight excluding hydrogens is 326 g/mol. The number of benzene rings is 1. The van der Waals surface area contributed by atoms with E-state index in [9.17, 15) is 24.3 Å². The molecule has 1 amide bonds. The van der Waals surface area contributed by atoms with Gasteiger partial charge in [-0.1, -0.05) is 26.0 Å². The van der Waals surface area contributed by atoms with Gasteiger partial charge in [0.1, 0.15) is 6.54 Å². The maximum Gasteiger partial charge on any atom is 0.329 e. The molecule has 0 saturated heterocycles. The number of carboxylic acid groups (broad SMARTS) is 1. The van der Waals surface area contributed by atoms with Gasteiger partial charge in [0.15, 0.2) is 0 Å². The highest BCUT2D eigenvalue weighted by molar-refractivity contribution is 5.80. The summed E-state index contributed by atoms with van der Waals surface area (Å²) in [5, 5.41) is 12.2. The van der Waals surface area contributed by atoms with E-state index in [2.05, 4.69) is 10.3 Å². The van der Waals surface area contributed by atoms with Crippen LogP contribution < -0.4 is 16.6 Å². The molecule has 0 fully saturated rings. The number of carbonyl (C=O) groups excluding carboxylic acids is 1. The second kappa shape index (κ2) is 7.33. The van der Waals surface area contributed by atoms with E-state index in [1.807, 2.05) is 0 Å². The van der Waals surface area contributed by atoms with Crippen LogP contribution in [-0.4, -0.2) is 33.1 Å². The van der Waals surface area contributed by atoms with Gasteiger partial charge in [-0.25, -0.2) is 4.79 Å². The van der Waals surface area contributed by atoms with Crippen molar-refractivity contribution in [3.8, 4) is 0 Å². The Hall–Kier alpha value is -2.90. The predicted octanol–water partition coefficient (Wildman–Crippen LogP) is 0.697. The molecule has 3 N–H and O–H groups in total. The summed E-state index contributed by atoms with van der Waals surface area (Å²) in [5.74, 6) is -1.58. The third kappa shape index (κ3) is 3.62. The number of nitrogens with zero attached hydrogens (tertiary/aromatic N) is 1. The number of amides is 1. The van der Waals surface area contributed by atoms with Crippen molar-refractivity contribution < 1.29 is 14.7 Å². The van der Waals surface area contributed by atoms with Crippen molar-refractivity contribution in [2.24, 2.45) is 5.41 Å². The standard InChI is InChI=1S/C17H21N3O5/c1-3-17(4-2,15(23)24)10-18-13(21)9-20-14(22)11-7-5-6-8-12(11)19-16(20)25/h5-8H,3-4,9-10H2,1-2H3,(H,18,21)(H,19,25)(H,23,24). The summed E-state index contributed by atoms with van der Waals surface area (Å²) in [4.78, 5) is 50.6. The Bertz CT molecular complexity index is 908. The minimum absolute atomic E-state index is 0.0611. The van der Waals surface area contributed by atoms with Crippen molar-refractivity contribution in [3.05, 3.63) is 45.1 Å². The number of aromatic amines is 1. The SMILES string of the molecule is CCC(CC)(CNC(=O)Cn1c(=O)[nH]c2ccccc2c1=O)C(=O)O. The molecule has 0 atom stereocenters. The minimum atomic E-state index is -1.06. The molecule has 0 bridgehead atoms. The highest BCUT2D eigenvalue weighted by Gasteiger charge is 2.35. The molecule has 0 radical (unpaired) electrons. The monoisotopic (exact) mass is 347 g/mol. The largest absolute Gasteiger partial charge is 0.481 e. The van der Waals surface area contributed by atoms with E-state index >= 15 is 0 Å². The molecule has 1 aromatic heterocycles. The number of rotatable bonds is 7. The van der Waals surface area contributed by atoms with Crippen LogP contribution in [0.4, 0.5) is 0 Å². The molecule has 0 spiro atoms. The third-order valence-electron chi connectivity index (χ3n) is 4.62. The molecule has 2 aromatic rings. The molecule has 0 aliphatic heterocycles. The van der Waals surface area contributed by atoms with Crippen molar-refractivity contribution in [2.75, 3.05) is 6.54 Å². The topological polar surface area (TPSA) is 121 Å². The molecule has 0 unspecified atom stereocenters. The van der Waals surface area contributed by atoms with E-state index in [1.54, 1.807) is 38.1 Å². The fourth-order valence-electron chi connectivity index (χ4n) is 2.69. The van der Waals surface area contributed by atoms with Crippen LogP contribution in [0.1, 0.15) is 26.7 Å². The Balaban J connectivity index is 2.21. The van der Waals surface area contributed by atoms with Gasteiger partial charge in [0.2, 0.25) is 5.91 Å². The lowest BCUT2D eigenvalue weighted by Crippen LogP contribution is -2.45. The lowest BCUT2D eigenvalue weighted by Gasteiger charge is -2.26. The zero-order valence-electron chi connectivity index (χ0n) is 14.2. The number of nitrogens with one attached hydrogen (secondary N) is 2. The number of aliphatic carboxylic acids is 1. The summed E-state index contributed by atoms with van der Waals surface area (Å²) in [6.45, 7) is 2.95. The van der Waals surface area contributed by atoms with Gasteiger partial charge in [0, 0.05) is 6.54 Å². The number of hydrogen-bond acceptors (Lipinski definition) is 4. The minimum Gasteiger partial charge on any atom is -0.481 e. The fourth-order valence-corrected chi connectivity index (χ4v) is 2.69. The molecule has 0 aliphatic carbocycles. The second-order valence-electron chi connectivity index (χ2n) is 5.94. The number of carbonyl (C=O) groups is 2. The average Bonchev–Trinajstić information content (AvgIpc) is 2.59. The first kappa shape index (κ1) is 18.4. The summed E-state index contributed by atoms with van der Waals surface area (Å²) in [6.07, 6.45) is 0.714. The lowest BCUT2D eigenvalue weighted by atomic mass is 9.82. The Labute approximate surface area is 143 Å². The van der Waals surface area contributed by atoms with E-state index in [-0.39, 0.29) is 6.54 Å². The molecule has 8 nitrogen and oxygen atoms in total. The van der Waals surface area contributed by atoms with Crippen LogP contribution in [0.15, 0.2) is 33.9 Å². The van der Waals surface area contributed by atoms with Crippen molar-refractivity contribution in [1.29, 1.82) is 0 Å². The maximum absolute atomic E-state index is 12.4. The zero-order chi connectivity index (χ0) is 18.6. The highest BCUT2D eigenvalue weighted by atomic mass is 16.4. The first-order valence-corrected chi connectivity index (χ1v) is 8.06. The number of carboxylic acids is 1. The number of fused-ring (bicyclic) bond motifs is 1. The smallest absolute Gasteiger partial charge is 0.329 e. The van der Waals surface area contributed by atoms with Crippen LogP contribution in [0.5, 0.6) is 0 Å². The van der Waals surface area contributed by atoms with Gasteiger partial charge < -0.3 is 15.4 Å². The second-order valence-corrected chi connectivity index (χ2v) is 5.94. The van der Waals surface area contributed by atoms with Gasteiger partial charge >= 0.3 is 11.7 Å². The Morgan fingerprint density at radius 1 is 1.20 bits per heavy atom. The first-order valence-electron chi connectivity index (χ1n) is 8.06. The van der Waals surface area contributed by atoms with Gasteiger partial charge in [-0.15, -0.1) is 0 Å². The summed E-state index contributed by atoms with van der Waals surface area (Å²) < 4.78 is 0.804. The average molecular weight is 347 g/mol. The van der Waals surface area contributed by atoms with E-state index in [0.29, 0.717) is 23.7 Å². The van der Waals surface area contributed by atoms with Crippen molar-refractivity contribution in [1.82, 2.24) is 14.9 Å². The van der Waals surface area contributed by atoms with Crippen molar-refractivity contribution in [3.63, 3.8) is 0 Å². The summed E-state index contributed by atoms with van der Waals surface area (Å²) >= 11 is 0.